The Morgan fingerprint density at radius 3 is 2.44 bits per heavy atom. The van der Waals surface area contributed by atoms with Crippen LogP contribution >= 0.6 is 0 Å². The van der Waals surface area contributed by atoms with E-state index in [0.717, 1.165) is 18.2 Å². The summed E-state index contributed by atoms with van der Waals surface area (Å²) in [6.45, 7) is 6.84. The Labute approximate surface area is 149 Å². The third kappa shape index (κ3) is 5.13. The molecule has 0 aromatic heterocycles. The maximum Gasteiger partial charge on any atom is 0.307 e. The normalized spacial score (nSPS) is 15.3. The topological polar surface area (TPSA) is 105 Å². The molecule has 1 unspecified atom stereocenters. The number of ether oxygens (including phenoxy) is 1. The average Bonchev–Trinajstić information content (AvgIpc) is 2.53. The second kappa shape index (κ2) is 8.11. The minimum atomic E-state index is -1.65. The number of nitro benzene ring substituents is 1. The fourth-order valence-electron chi connectivity index (χ4n) is 2.22. The molecule has 0 aliphatic carbocycles. The lowest BCUT2D eigenvalue weighted by molar-refractivity contribution is -0.385. The van der Waals surface area contributed by atoms with Crippen LogP contribution in [0.15, 0.2) is 18.2 Å². The van der Waals surface area contributed by atoms with Crippen LogP contribution in [0.4, 0.5) is 10.1 Å². The zero-order chi connectivity index (χ0) is 19.4. The number of nitrogens with one attached hydrogen (secondary N) is 1. The molecule has 25 heavy (non-hydrogen) atoms. The Morgan fingerprint density at radius 2 is 2.00 bits per heavy atom. The number of esters is 1. The molecule has 1 N–H and O–H groups in total. The highest BCUT2D eigenvalue weighted by molar-refractivity contribution is 7.90. The van der Waals surface area contributed by atoms with E-state index in [1.807, 2.05) is 0 Å². The molecule has 0 radical (unpaired) electrons. The molecule has 7 nitrogen and oxygen atoms in total. The van der Waals surface area contributed by atoms with Crippen molar-refractivity contribution in [2.45, 2.75) is 50.8 Å². The Morgan fingerprint density at radius 1 is 1.40 bits per heavy atom. The van der Waals surface area contributed by atoms with E-state index in [4.69, 9.17) is 0 Å². The number of nitro groups is 1. The molecule has 1 aromatic carbocycles. The quantitative estimate of drug-likeness (QED) is 0.340. The van der Waals surface area contributed by atoms with Gasteiger partial charge in [0.1, 0.15) is 16.1 Å². The highest BCUT2D eigenvalue weighted by Crippen LogP contribution is 2.35. The zero-order valence-corrected chi connectivity index (χ0v) is 15.7. The molecular formula is C16H23FN2O5S. The van der Waals surface area contributed by atoms with E-state index in [1.54, 1.807) is 27.7 Å². The summed E-state index contributed by atoms with van der Waals surface area (Å²) >= 11 is -1.65. The van der Waals surface area contributed by atoms with Gasteiger partial charge in [-0.15, -0.1) is 4.72 Å². The molecular weight excluding hydrogens is 351 g/mol. The second-order valence-corrected chi connectivity index (χ2v) is 8.56. The lowest BCUT2D eigenvalue weighted by Crippen LogP contribution is -2.52. The van der Waals surface area contributed by atoms with Gasteiger partial charge in [-0.3, -0.25) is 14.9 Å². The van der Waals surface area contributed by atoms with Crippen molar-refractivity contribution in [3.8, 4) is 0 Å². The van der Waals surface area contributed by atoms with Gasteiger partial charge in [-0.05, 0) is 33.3 Å². The number of carbonyl (C=O) groups is 1. The summed E-state index contributed by atoms with van der Waals surface area (Å²) in [5.74, 6) is -1.37. The van der Waals surface area contributed by atoms with E-state index >= 15 is 0 Å². The molecule has 1 rings (SSSR count). The van der Waals surface area contributed by atoms with Gasteiger partial charge in [0, 0.05) is 29.1 Å². The van der Waals surface area contributed by atoms with Crippen molar-refractivity contribution in [3.05, 3.63) is 39.7 Å². The number of methoxy groups -OCH3 is 1. The highest BCUT2D eigenvalue weighted by Gasteiger charge is 2.43. The number of hydrogen-bond donors (Lipinski definition) is 1. The Hall–Kier alpha value is -1.71. The molecule has 0 aliphatic rings. The predicted octanol–water partition coefficient (Wildman–Crippen LogP) is 2.95. The van der Waals surface area contributed by atoms with Crippen LogP contribution < -0.4 is 4.72 Å². The van der Waals surface area contributed by atoms with Crippen molar-refractivity contribution in [2.24, 2.45) is 0 Å². The molecule has 0 bridgehead atoms. The van der Waals surface area contributed by atoms with E-state index in [2.05, 4.69) is 9.46 Å². The van der Waals surface area contributed by atoms with Gasteiger partial charge in [0.05, 0.1) is 18.5 Å². The van der Waals surface area contributed by atoms with Crippen LogP contribution in [-0.4, -0.2) is 27.3 Å². The summed E-state index contributed by atoms with van der Waals surface area (Å²) in [7, 11) is 1.19. The third-order valence-corrected chi connectivity index (χ3v) is 5.49. The number of benzene rings is 1. The van der Waals surface area contributed by atoms with E-state index in [9.17, 15) is 23.9 Å². The first-order chi connectivity index (χ1) is 11.5. The molecule has 0 saturated carbocycles. The Bertz CT molecular complexity index is 650. The number of halogens is 1. The van der Waals surface area contributed by atoms with Crippen molar-refractivity contribution in [1.82, 2.24) is 4.72 Å². The van der Waals surface area contributed by atoms with Crippen LogP contribution in [0.5, 0.6) is 0 Å². The maximum atomic E-state index is 14.5. The van der Waals surface area contributed by atoms with Crippen LogP contribution in [0.3, 0.4) is 0 Å². The molecule has 0 amide bonds. The zero-order valence-electron chi connectivity index (χ0n) is 14.9. The minimum Gasteiger partial charge on any atom is -0.598 e. The standard InChI is InChI=1S/C16H23FN2O5S/c1-6-16(10-14(20)24-5,18-25(23)15(2,3)4)12-9-11(19(21)22)7-8-13(12)17/h7-9,18H,6,10H2,1-5H3/t16?,25-/m1/s1. The number of nitrogens with zero attached hydrogens (tertiary/aromatic N) is 1. The van der Waals surface area contributed by atoms with Crippen LogP contribution in [-0.2, 0) is 26.4 Å². The summed E-state index contributed by atoms with van der Waals surface area (Å²) in [4.78, 5) is 22.3. The smallest absolute Gasteiger partial charge is 0.307 e. The first kappa shape index (κ1) is 21.3. The third-order valence-electron chi connectivity index (χ3n) is 3.80. The molecule has 0 saturated heterocycles. The fourth-order valence-corrected chi connectivity index (χ4v) is 3.20. The molecule has 140 valence electrons. The number of carbonyl (C=O) groups excluding carboxylic acids is 1. The van der Waals surface area contributed by atoms with Crippen molar-refractivity contribution in [3.63, 3.8) is 0 Å². The van der Waals surface area contributed by atoms with E-state index < -0.39 is 38.4 Å². The molecule has 2 atom stereocenters. The Kier molecular flexibility index (Phi) is 6.92. The second-order valence-electron chi connectivity index (χ2n) is 6.59. The summed E-state index contributed by atoms with van der Waals surface area (Å²) in [6.07, 6.45) is -0.151. The van der Waals surface area contributed by atoms with E-state index in [0.29, 0.717) is 0 Å². The predicted molar refractivity (Wildman–Crippen MR) is 92.7 cm³/mol. The summed E-state index contributed by atoms with van der Waals surface area (Å²) in [6, 6.07) is 3.07. The van der Waals surface area contributed by atoms with Gasteiger partial charge >= 0.3 is 5.97 Å². The molecule has 0 heterocycles. The van der Waals surface area contributed by atoms with Crippen molar-refractivity contribution < 1.29 is 23.4 Å². The van der Waals surface area contributed by atoms with Crippen molar-refractivity contribution in [1.29, 1.82) is 0 Å². The van der Waals surface area contributed by atoms with Crippen LogP contribution in [0, 0.1) is 15.9 Å². The van der Waals surface area contributed by atoms with Gasteiger partial charge in [0.25, 0.3) is 5.69 Å². The van der Waals surface area contributed by atoms with Gasteiger partial charge in [-0.1, -0.05) is 6.92 Å². The Balaban J connectivity index is 3.51. The van der Waals surface area contributed by atoms with Crippen LogP contribution in [0.1, 0.15) is 46.1 Å². The van der Waals surface area contributed by atoms with Gasteiger partial charge in [-0.2, -0.15) is 0 Å². The van der Waals surface area contributed by atoms with E-state index in [1.165, 1.54) is 7.11 Å². The monoisotopic (exact) mass is 374 g/mol. The summed E-state index contributed by atoms with van der Waals surface area (Å²) in [5, 5.41) is 11.1. The summed E-state index contributed by atoms with van der Waals surface area (Å²) in [5.41, 5.74) is -1.81. The molecule has 1 aromatic rings. The minimum absolute atomic E-state index is 0.0906. The number of rotatable bonds is 7. The number of non-ortho nitro benzene ring substituents is 1. The first-order valence-corrected chi connectivity index (χ1v) is 8.82. The largest absolute Gasteiger partial charge is 0.598 e. The van der Waals surface area contributed by atoms with Crippen LogP contribution in [0.25, 0.3) is 0 Å². The molecule has 0 aliphatic heterocycles. The average molecular weight is 374 g/mol. The fraction of sp³-hybridized carbons (Fsp3) is 0.562. The van der Waals surface area contributed by atoms with Crippen LogP contribution in [0.2, 0.25) is 0 Å². The van der Waals surface area contributed by atoms with Crippen molar-refractivity contribution in [2.75, 3.05) is 7.11 Å². The SMILES string of the molecule is CCC(CC(=O)OC)(N[S@+]([O-])C(C)(C)C)c1cc([N+](=O)[O-])ccc1F. The first-order valence-electron chi connectivity index (χ1n) is 7.67. The van der Waals surface area contributed by atoms with Gasteiger partial charge < -0.3 is 9.29 Å². The summed E-state index contributed by atoms with van der Waals surface area (Å²) < 4.78 is 33.9. The lowest BCUT2D eigenvalue weighted by atomic mass is 9.84. The molecule has 9 heteroatoms. The molecule has 0 spiro atoms. The lowest BCUT2D eigenvalue weighted by Gasteiger charge is -2.36. The van der Waals surface area contributed by atoms with Gasteiger partial charge in [0.2, 0.25) is 0 Å². The van der Waals surface area contributed by atoms with E-state index in [-0.39, 0.29) is 24.1 Å². The van der Waals surface area contributed by atoms with Gasteiger partial charge in [0.15, 0.2) is 0 Å². The highest BCUT2D eigenvalue weighted by atomic mass is 32.2. The molecule has 0 fully saturated rings. The number of hydrogen-bond acceptors (Lipinski definition) is 6. The maximum absolute atomic E-state index is 14.5. The van der Waals surface area contributed by atoms with Gasteiger partial charge in [-0.25, -0.2) is 4.39 Å². The van der Waals surface area contributed by atoms with Crippen molar-refractivity contribution >= 4 is 23.0 Å².